The van der Waals surface area contributed by atoms with E-state index in [1.165, 1.54) is 0 Å². The van der Waals surface area contributed by atoms with Gasteiger partial charge in [0.05, 0.1) is 57.0 Å². The van der Waals surface area contributed by atoms with E-state index in [2.05, 4.69) is 102 Å². The van der Waals surface area contributed by atoms with E-state index in [0.717, 1.165) is 112 Å². The first-order valence-corrected chi connectivity index (χ1v) is 18.7. The molecule has 5 heterocycles. The van der Waals surface area contributed by atoms with Gasteiger partial charge in [0.1, 0.15) is 23.0 Å². The Kier molecular flexibility index (Phi) is 9.14. The van der Waals surface area contributed by atoms with Gasteiger partial charge in [-0.05, 0) is 113 Å². The van der Waals surface area contributed by atoms with Crippen LogP contribution in [0.25, 0.3) is 22.3 Å². The third-order valence-corrected chi connectivity index (χ3v) is 10.5. The molecule has 8 bridgehead atoms. The fraction of sp³-hybridized carbons (Fsp3) is 0.102. The second-order valence-electron chi connectivity index (χ2n) is 13.9. The monoisotopic (exact) mass is 748 g/mol. The fourth-order valence-corrected chi connectivity index (χ4v) is 7.81. The minimum Gasteiger partial charge on any atom is -0.497 e. The highest BCUT2D eigenvalue weighted by molar-refractivity contribution is 6.35. The van der Waals surface area contributed by atoms with Crippen LogP contribution >= 0.6 is 0 Å². The van der Waals surface area contributed by atoms with Gasteiger partial charge in [0, 0.05) is 51.8 Å². The number of H-pyrrole nitrogens is 1. The number of rotatable bonds is 8. The summed E-state index contributed by atoms with van der Waals surface area (Å²) in [6.07, 6.45) is 10.5. The van der Waals surface area contributed by atoms with E-state index >= 15 is 0 Å². The summed E-state index contributed by atoms with van der Waals surface area (Å²) >= 11 is 0. The topological polar surface area (TPSA) is 82.4 Å². The summed E-state index contributed by atoms with van der Waals surface area (Å²) in [4.78, 5) is 14.7. The van der Waals surface area contributed by atoms with Crippen LogP contribution in [-0.2, 0) is 7.05 Å². The smallest absolute Gasteiger partial charge is 0.119 e. The van der Waals surface area contributed by atoms with Gasteiger partial charge in [0.25, 0.3) is 0 Å². The van der Waals surface area contributed by atoms with Crippen LogP contribution in [0.4, 0.5) is 0 Å². The van der Waals surface area contributed by atoms with Crippen molar-refractivity contribution in [2.75, 3.05) is 28.4 Å². The SMILES string of the molecule is COc1cccc(C2=C3C=CC(=N3)C(c3cccc(OC)c3)=c3ccc([nH]3)=C(c3cccc(OC)c3)c3cc(n(C)c3)C(c3cccc(OC)c3)=C3C=CC2=N3)c1. The molecule has 3 aliphatic rings. The number of hydrogen-bond donors (Lipinski definition) is 1. The van der Waals surface area contributed by atoms with Crippen molar-refractivity contribution < 1.29 is 18.9 Å². The molecule has 0 spiro atoms. The first-order chi connectivity index (χ1) is 27.9. The number of fused-ring (bicyclic) bond motifs is 6. The Hall–Kier alpha value is -7.32. The van der Waals surface area contributed by atoms with Crippen molar-refractivity contribution in [2.45, 2.75) is 0 Å². The first-order valence-electron chi connectivity index (χ1n) is 18.7. The van der Waals surface area contributed by atoms with Crippen LogP contribution in [0.5, 0.6) is 23.0 Å². The summed E-state index contributed by atoms with van der Waals surface area (Å²) in [6, 6.07) is 39.0. The van der Waals surface area contributed by atoms with Crippen molar-refractivity contribution in [3.05, 3.63) is 201 Å². The van der Waals surface area contributed by atoms with Gasteiger partial charge in [0.2, 0.25) is 0 Å². The summed E-state index contributed by atoms with van der Waals surface area (Å²) in [6.45, 7) is 0. The molecule has 0 atom stereocenters. The number of aromatic nitrogens is 2. The molecular formula is C49H40N4O4. The van der Waals surface area contributed by atoms with E-state index in [1.54, 1.807) is 28.4 Å². The Morgan fingerprint density at radius 2 is 0.860 bits per heavy atom. The molecular weight excluding hydrogens is 709 g/mol. The maximum atomic E-state index is 5.73. The normalized spacial score (nSPS) is 14.6. The number of aryl methyl sites for hydroxylation is 1. The largest absolute Gasteiger partial charge is 0.497 e. The Labute approximate surface area is 331 Å². The van der Waals surface area contributed by atoms with Crippen molar-refractivity contribution in [2.24, 2.45) is 17.0 Å². The number of nitrogens with one attached hydrogen (secondary N) is 1. The third-order valence-electron chi connectivity index (χ3n) is 10.5. The van der Waals surface area contributed by atoms with E-state index in [4.69, 9.17) is 28.9 Å². The highest BCUT2D eigenvalue weighted by Gasteiger charge is 2.25. The van der Waals surface area contributed by atoms with Crippen molar-refractivity contribution in [3.63, 3.8) is 0 Å². The van der Waals surface area contributed by atoms with E-state index < -0.39 is 0 Å². The second-order valence-corrected chi connectivity index (χ2v) is 13.9. The third kappa shape index (κ3) is 6.51. The van der Waals surface area contributed by atoms with E-state index in [-0.39, 0.29) is 0 Å². The average Bonchev–Trinajstić information content (AvgIpc) is 4.09. The predicted molar refractivity (Wildman–Crippen MR) is 228 cm³/mol. The summed E-state index contributed by atoms with van der Waals surface area (Å²) < 4.78 is 25.0. The molecule has 0 aliphatic carbocycles. The predicted octanol–water partition coefficient (Wildman–Crippen LogP) is 8.04. The summed E-state index contributed by atoms with van der Waals surface area (Å²) in [5, 5.41) is 1.85. The number of ether oxygens (including phenoxy) is 4. The lowest BCUT2D eigenvalue weighted by Gasteiger charge is -2.13. The molecule has 6 aromatic rings. The van der Waals surface area contributed by atoms with E-state index in [9.17, 15) is 0 Å². The maximum absolute atomic E-state index is 5.73. The van der Waals surface area contributed by atoms with Gasteiger partial charge >= 0.3 is 0 Å². The summed E-state index contributed by atoms with van der Waals surface area (Å²) in [7, 11) is 8.83. The van der Waals surface area contributed by atoms with Gasteiger partial charge in [-0.15, -0.1) is 0 Å². The zero-order valence-electron chi connectivity index (χ0n) is 32.3. The molecule has 2 aromatic heterocycles. The van der Waals surface area contributed by atoms with Crippen molar-refractivity contribution >= 4 is 33.7 Å². The second kappa shape index (κ2) is 14.7. The van der Waals surface area contributed by atoms with Gasteiger partial charge in [0.15, 0.2) is 0 Å². The highest BCUT2D eigenvalue weighted by atomic mass is 16.5. The lowest BCUT2D eigenvalue weighted by atomic mass is 9.96. The van der Waals surface area contributed by atoms with Gasteiger partial charge in [-0.3, -0.25) is 0 Å². The van der Waals surface area contributed by atoms with E-state index in [0.29, 0.717) is 0 Å². The van der Waals surface area contributed by atoms with Gasteiger partial charge in [-0.1, -0.05) is 48.5 Å². The maximum Gasteiger partial charge on any atom is 0.119 e. The van der Waals surface area contributed by atoms with Crippen LogP contribution in [0.15, 0.2) is 167 Å². The quantitative estimate of drug-likeness (QED) is 0.171. The lowest BCUT2D eigenvalue weighted by Crippen LogP contribution is -2.19. The average molecular weight is 749 g/mol. The Morgan fingerprint density at radius 1 is 0.439 bits per heavy atom. The van der Waals surface area contributed by atoms with Crippen LogP contribution in [-0.4, -0.2) is 49.4 Å². The standard InChI is InChI=1S/C49H40N4O4/c1-53-29-34-28-45(53)49(33-13-9-17-38(27-33)57-5)44-23-22-43(52-44)48(32-12-8-16-37(26-32)56-4)42-21-20-41(51-42)47(31-11-7-15-36(25-31)55-3)40-19-18-39(50-40)46(34)30-10-6-14-35(24-30)54-2/h6-29,50H,1-5H3. The summed E-state index contributed by atoms with van der Waals surface area (Å²) in [5.74, 6) is 3.03. The minimum absolute atomic E-state index is 0.747. The van der Waals surface area contributed by atoms with Crippen LogP contribution in [0.2, 0.25) is 0 Å². The highest BCUT2D eigenvalue weighted by Crippen LogP contribution is 2.38. The Balaban J connectivity index is 1.43. The number of hydrogen-bond acceptors (Lipinski definition) is 6. The lowest BCUT2D eigenvalue weighted by molar-refractivity contribution is 0.414. The molecule has 4 aromatic carbocycles. The number of benzene rings is 4. The number of nitrogens with zero attached hydrogens (tertiary/aromatic N) is 3. The Morgan fingerprint density at radius 3 is 1.37 bits per heavy atom. The van der Waals surface area contributed by atoms with Gasteiger partial charge in [-0.2, -0.15) is 0 Å². The molecule has 8 heteroatoms. The fourth-order valence-electron chi connectivity index (χ4n) is 7.81. The molecule has 0 radical (unpaired) electrons. The van der Waals surface area contributed by atoms with Gasteiger partial charge < -0.3 is 28.5 Å². The molecule has 280 valence electrons. The minimum atomic E-state index is 0.747. The molecule has 57 heavy (non-hydrogen) atoms. The number of methoxy groups -OCH3 is 4. The Bertz CT molecular complexity index is 2910. The van der Waals surface area contributed by atoms with Crippen LogP contribution in [0.3, 0.4) is 0 Å². The van der Waals surface area contributed by atoms with Crippen molar-refractivity contribution in [1.82, 2.24) is 9.55 Å². The molecule has 8 nitrogen and oxygen atoms in total. The summed E-state index contributed by atoms with van der Waals surface area (Å²) in [5.41, 5.74) is 12.9. The van der Waals surface area contributed by atoms with Crippen LogP contribution in [0.1, 0.15) is 33.5 Å². The molecule has 0 unspecified atom stereocenters. The zero-order valence-corrected chi connectivity index (χ0v) is 32.3. The molecule has 0 amide bonds. The molecule has 0 saturated heterocycles. The number of aliphatic imine (C=N–C) groups is 2. The van der Waals surface area contributed by atoms with Crippen LogP contribution < -0.4 is 29.6 Å². The molecule has 0 fully saturated rings. The number of aromatic amines is 1. The molecule has 9 rings (SSSR count). The van der Waals surface area contributed by atoms with E-state index in [1.807, 2.05) is 60.7 Å². The van der Waals surface area contributed by atoms with Crippen molar-refractivity contribution in [3.8, 4) is 23.0 Å². The molecule has 0 saturated carbocycles. The van der Waals surface area contributed by atoms with Gasteiger partial charge in [-0.25, -0.2) is 9.98 Å². The first kappa shape index (κ1) is 35.4. The van der Waals surface area contributed by atoms with Crippen molar-refractivity contribution in [1.29, 1.82) is 0 Å². The van der Waals surface area contributed by atoms with Crippen LogP contribution in [0, 0.1) is 0 Å². The zero-order chi connectivity index (χ0) is 39.0. The molecule has 1 N–H and O–H groups in total. The molecule has 3 aliphatic heterocycles. The number of allylic oxidation sites excluding steroid dienone is 5.